The van der Waals surface area contributed by atoms with Gasteiger partial charge in [-0.05, 0) is 36.5 Å². The fourth-order valence-electron chi connectivity index (χ4n) is 2.91. The highest BCUT2D eigenvalue weighted by atomic mass is 32.2. The van der Waals surface area contributed by atoms with Gasteiger partial charge in [0, 0.05) is 19.6 Å². The van der Waals surface area contributed by atoms with Crippen LogP contribution < -0.4 is 20.5 Å². The van der Waals surface area contributed by atoms with Gasteiger partial charge in [0.1, 0.15) is 0 Å². The fourth-order valence-corrected chi connectivity index (χ4v) is 3.78. The molecule has 0 saturated carbocycles. The van der Waals surface area contributed by atoms with Crippen LogP contribution in [0, 0.1) is 5.92 Å². The van der Waals surface area contributed by atoms with Crippen molar-refractivity contribution in [3.8, 4) is 11.5 Å². The van der Waals surface area contributed by atoms with Crippen LogP contribution in [-0.4, -0.2) is 58.8 Å². The Morgan fingerprint density at radius 2 is 1.92 bits per heavy atom. The molecule has 1 saturated heterocycles. The standard InChI is InChI=1S/C17H28N4O4S/c1-24-15-5-4-14(10-16(15)25-2)12-20-17(18)19-11-13-6-8-21(9-7-13)26(3,22)23/h4-5,10,13H,6-9,11-12H2,1-3H3,(H3,18,19,20). The van der Waals surface area contributed by atoms with Crippen molar-refractivity contribution in [3.63, 3.8) is 0 Å². The van der Waals surface area contributed by atoms with E-state index in [1.807, 2.05) is 18.2 Å². The lowest BCUT2D eigenvalue weighted by atomic mass is 9.98. The van der Waals surface area contributed by atoms with Crippen LogP contribution >= 0.6 is 0 Å². The predicted octanol–water partition coefficient (Wildman–Crippen LogP) is 0.780. The van der Waals surface area contributed by atoms with Gasteiger partial charge in [0.15, 0.2) is 17.5 Å². The van der Waals surface area contributed by atoms with Gasteiger partial charge in [-0.1, -0.05) is 6.07 Å². The van der Waals surface area contributed by atoms with E-state index in [1.54, 1.807) is 14.2 Å². The van der Waals surface area contributed by atoms with Gasteiger partial charge in [-0.25, -0.2) is 17.7 Å². The maximum absolute atomic E-state index is 11.5. The van der Waals surface area contributed by atoms with E-state index in [4.69, 9.17) is 15.2 Å². The third kappa shape index (κ3) is 5.77. The number of guanidine groups is 1. The average Bonchev–Trinajstić information content (AvgIpc) is 2.64. The van der Waals surface area contributed by atoms with Gasteiger partial charge < -0.3 is 20.5 Å². The lowest BCUT2D eigenvalue weighted by Gasteiger charge is -2.30. The Labute approximate surface area is 155 Å². The molecule has 9 heteroatoms. The van der Waals surface area contributed by atoms with Crippen molar-refractivity contribution < 1.29 is 17.9 Å². The van der Waals surface area contributed by atoms with E-state index in [9.17, 15) is 8.42 Å². The first kappa shape index (κ1) is 20.3. The Balaban J connectivity index is 1.80. The van der Waals surface area contributed by atoms with E-state index in [-0.39, 0.29) is 0 Å². The van der Waals surface area contributed by atoms with Crippen molar-refractivity contribution >= 4 is 16.0 Å². The second kappa shape index (κ2) is 9.09. The summed E-state index contributed by atoms with van der Waals surface area (Å²) in [6, 6.07) is 5.62. The van der Waals surface area contributed by atoms with Crippen LogP contribution in [0.25, 0.3) is 0 Å². The number of piperidine rings is 1. The van der Waals surface area contributed by atoms with Gasteiger partial charge in [0.05, 0.1) is 27.0 Å². The summed E-state index contributed by atoms with van der Waals surface area (Å²) in [6.07, 6.45) is 2.90. The summed E-state index contributed by atoms with van der Waals surface area (Å²) in [5.41, 5.74) is 6.91. The van der Waals surface area contributed by atoms with Gasteiger partial charge in [0.2, 0.25) is 10.0 Å². The van der Waals surface area contributed by atoms with E-state index >= 15 is 0 Å². The molecule has 1 aliphatic heterocycles. The van der Waals surface area contributed by atoms with Gasteiger partial charge in [-0.3, -0.25) is 0 Å². The number of hydrogen-bond acceptors (Lipinski definition) is 5. The third-order valence-corrected chi connectivity index (χ3v) is 5.80. The molecule has 0 radical (unpaired) electrons. The molecule has 0 unspecified atom stereocenters. The average molecular weight is 385 g/mol. The fraction of sp³-hybridized carbons (Fsp3) is 0.588. The number of nitrogens with one attached hydrogen (secondary N) is 1. The molecule has 8 nitrogen and oxygen atoms in total. The number of methoxy groups -OCH3 is 2. The molecule has 1 aromatic rings. The van der Waals surface area contributed by atoms with Crippen LogP contribution in [0.5, 0.6) is 11.5 Å². The minimum Gasteiger partial charge on any atom is -0.493 e. The van der Waals surface area contributed by atoms with Crippen molar-refractivity contribution in [2.45, 2.75) is 19.4 Å². The van der Waals surface area contributed by atoms with Gasteiger partial charge in [-0.15, -0.1) is 0 Å². The molecule has 0 bridgehead atoms. The SMILES string of the molecule is COc1ccc(CN=C(N)NCC2CCN(S(C)(=O)=O)CC2)cc1OC. The van der Waals surface area contributed by atoms with E-state index in [0.29, 0.717) is 49.6 Å². The van der Waals surface area contributed by atoms with Gasteiger partial charge in [-0.2, -0.15) is 0 Å². The van der Waals surface area contributed by atoms with Crippen molar-refractivity contribution in [1.29, 1.82) is 0 Å². The lowest BCUT2D eigenvalue weighted by molar-refractivity contribution is 0.275. The first-order valence-electron chi connectivity index (χ1n) is 8.53. The van der Waals surface area contributed by atoms with Crippen LogP contribution in [0.4, 0.5) is 0 Å². The van der Waals surface area contributed by atoms with Crippen LogP contribution in [0.15, 0.2) is 23.2 Å². The first-order valence-corrected chi connectivity index (χ1v) is 10.4. The third-order valence-electron chi connectivity index (χ3n) is 4.49. The second-order valence-electron chi connectivity index (χ2n) is 6.38. The molecule has 0 aromatic heterocycles. The van der Waals surface area contributed by atoms with Crippen molar-refractivity contribution in [2.75, 3.05) is 40.1 Å². The van der Waals surface area contributed by atoms with E-state index in [0.717, 1.165) is 18.4 Å². The van der Waals surface area contributed by atoms with Crippen molar-refractivity contribution in [2.24, 2.45) is 16.6 Å². The van der Waals surface area contributed by atoms with E-state index < -0.39 is 10.0 Å². The molecule has 1 fully saturated rings. The molecule has 0 atom stereocenters. The van der Waals surface area contributed by atoms with Crippen molar-refractivity contribution in [1.82, 2.24) is 9.62 Å². The normalized spacial score (nSPS) is 17.1. The number of rotatable bonds is 7. The Morgan fingerprint density at radius 1 is 1.27 bits per heavy atom. The van der Waals surface area contributed by atoms with Crippen molar-refractivity contribution in [3.05, 3.63) is 23.8 Å². The van der Waals surface area contributed by atoms with Crippen LogP contribution in [0.2, 0.25) is 0 Å². The highest BCUT2D eigenvalue weighted by Crippen LogP contribution is 2.27. The molecule has 0 spiro atoms. The van der Waals surface area contributed by atoms with Crippen LogP contribution in [0.1, 0.15) is 18.4 Å². The Morgan fingerprint density at radius 3 is 2.50 bits per heavy atom. The number of sulfonamides is 1. The number of hydrogen-bond donors (Lipinski definition) is 2. The number of benzene rings is 1. The Bertz CT molecular complexity index is 728. The Hall–Kier alpha value is -2.00. The molecule has 3 N–H and O–H groups in total. The quantitative estimate of drug-likeness (QED) is 0.531. The molecule has 1 heterocycles. The number of ether oxygens (including phenoxy) is 2. The summed E-state index contributed by atoms with van der Waals surface area (Å²) < 4.78 is 35.1. The predicted molar refractivity (Wildman–Crippen MR) is 102 cm³/mol. The summed E-state index contributed by atoms with van der Waals surface area (Å²) >= 11 is 0. The number of nitrogens with two attached hydrogens (primary N) is 1. The highest BCUT2D eigenvalue weighted by molar-refractivity contribution is 7.88. The molecule has 26 heavy (non-hydrogen) atoms. The zero-order valence-corrected chi connectivity index (χ0v) is 16.4. The van der Waals surface area contributed by atoms with Gasteiger partial charge >= 0.3 is 0 Å². The van der Waals surface area contributed by atoms with Crippen LogP contribution in [0.3, 0.4) is 0 Å². The molecule has 146 valence electrons. The summed E-state index contributed by atoms with van der Waals surface area (Å²) in [5, 5.41) is 3.13. The summed E-state index contributed by atoms with van der Waals surface area (Å²) in [7, 11) is 0.103. The summed E-state index contributed by atoms with van der Waals surface area (Å²) in [6.45, 7) is 2.26. The zero-order valence-electron chi connectivity index (χ0n) is 15.6. The first-order chi connectivity index (χ1) is 12.3. The summed E-state index contributed by atoms with van der Waals surface area (Å²) in [4.78, 5) is 4.34. The summed E-state index contributed by atoms with van der Waals surface area (Å²) in [5.74, 6) is 2.10. The van der Waals surface area contributed by atoms with E-state index in [2.05, 4.69) is 10.3 Å². The largest absolute Gasteiger partial charge is 0.493 e. The number of aliphatic imine (C=N–C) groups is 1. The molecule has 2 rings (SSSR count). The highest BCUT2D eigenvalue weighted by Gasteiger charge is 2.24. The molecule has 0 aliphatic carbocycles. The molecule has 1 aliphatic rings. The molecule has 1 aromatic carbocycles. The molecular formula is C17H28N4O4S. The molecular weight excluding hydrogens is 356 g/mol. The monoisotopic (exact) mass is 384 g/mol. The Kier molecular flexibility index (Phi) is 7.10. The maximum Gasteiger partial charge on any atom is 0.211 e. The van der Waals surface area contributed by atoms with Crippen LogP contribution in [-0.2, 0) is 16.6 Å². The molecule has 0 amide bonds. The topological polar surface area (TPSA) is 106 Å². The smallest absolute Gasteiger partial charge is 0.211 e. The minimum atomic E-state index is -3.09. The number of nitrogens with zero attached hydrogens (tertiary/aromatic N) is 2. The lowest BCUT2D eigenvalue weighted by Crippen LogP contribution is -2.42. The minimum absolute atomic E-state index is 0.380. The van der Waals surface area contributed by atoms with Gasteiger partial charge in [0.25, 0.3) is 0 Å². The maximum atomic E-state index is 11.5. The second-order valence-corrected chi connectivity index (χ2v) is 8.36. The van der Waals surface area contributed by atoms with E-state index in [1.165, 1.54) is 10.6 Å². The zero-order chi connectivity index (χ0) is 19.2.